The predicted molar refractivity (Wildman–Crippen MR) is 103 cm³/mol. The fourth-order valence-electron chi connectivity index (χ4n) is 4.54. The standard InChI is InChI=1S/C22H40O2/c1-4-17-22(2,3)18-10-9-13-20-15-11-14-19(20)12-7-5-6-8-16-21(23)24/h8,16,19-20H,4-7,9-15,17-18H2,1-3H3,(H,23,24)/t19-,20-/m0/s1. The van der Waals surface area contributed by atoms with Crippen LogP contribution in [0.25, 0.3) is 0 Å². The first-order chi connectivity index (χ1) is 11.4. The quantitative estimate of drug-likeness (QED) is 0.290. The number of hydrogen-bond acceptors (Lipinski definition) is 1. The van der Waals surface area contributed by atoms with E-state index >= 15 is 0 Å². The van der Waals surface area contributed by atoms with Crippen LogP contribution in [0.2, 0.25) is 0 Å². The average Bonchev–Trinajstić information content (AvgIpc) is 2.94. The Labute approximate surface area is 150 Å². The van der Waals surface area contributed by atoms with Crippen LogP contribution in [0.4, 0.5) is 0 Å². The molecule has 1 saturated carbocycles. The lowest BCUT2D eigenvalue weighted by Crippen LogP contribution is -2.12. The Morgan fingerprint density at radius 3 is 2.25 bits per heavy atom. The zero-order chi connectivity index (χ0) is 17.8. The highest BCUT2D eigenvalue weighted by atomic mass is 16.4. The molecule has 2 nitrogen and oxygen atoms in total. The molecule has 0 saturated heterocycles. The largest absolute Gasteiger partial charge is 0.478 e. The summed E-state index contributed by atoms with van der Waals surface area (Å²) in [4.78, 5) is 10.4. The Morgan fingerprint density at radius 2 is 1.67 bits per heavy atom. The topological polar surface area (TPSA) is 37.3 Å². The monoisotopic (exact) mass is 336 g/mol. The fraction of sp³-hybridized carbons (Fsp3) is 0.864. The number of carboxylic acids is 1. The van der Waals surface area contributed by atoms with E-state index in [4.69, 9.17) is 5.11 Å². The smallest absolute Gasteiger partial charge is 0.327 e. The minimum Gasteiger partial charge on any atom is -0.478 e. The van der Waals surface area contributed by atoms with Crippen molar-refractivity contribution in [3.05, 3.63) is 12.2 Å². The predicted octanol–water partition coefficient (Wildman–Crippen LogP) is 6.99. The third-order valence-electron chi connectivity index (χ3n) is 5.88. The molecule has 0 spiro atoms. The van der Waals surface area contributed by atoms with E-state index in [1.165, 1.54) is 76.7 Å². The van der Waals surface area contributed by atoms with Gasteiger partial charge in [-0.25, -0.2) is 4.79 Å². The van der Waals surface area contributed by atoms with Crippen molar-refractivity contribution in [3.63, 3.8) is 0 Å². The molecule has 2 heteroatoms. The number of allylic oxidation sites excluding steroid dienone is 1. The highest BCUT2D eigenvalue weighted by Crippen LogP contribution is 2.39. The molecule has 0 aromatic carbocycles. The van der Waals surface area contributed by atoms with E-state index < -0.39 is 5.97 Å². The summed E-state index contributed by atoms with van der Waals surface area (Å²) < 4.78 is 0. The zero-order valence-electron chi connectivity index (χ0n) is 16.4. The average molecular weight is 337 g/mol. The Morgan fingerprint density at radius 1 is 1.04 bits per heavy atom. The van der Waals surface area contributed by atoms with Gasteiger partial charge in [-0.05, 0) is 42.9 Å². The maximum atomic E-state index is 10.4. The van der Waals surface area contributed by atoms with E-state index in [9.17, 15) is 4.79 Å². The van der Waals surface area contributed by atoms with Crippen LogP contribution in [0, 0.1) is 17.3 Å². The molecule has 0 bridgehead atoms. The van der Waals surface area contributed by atoms with E-state index in [-0.39, 0.29) is 0 Å². The summed E-state index contributed by atoms with van der Waals surface area (Å²) >= 11 is 0. The summed E-state index contributed by atoms with van der Waals surface area (Å²) in [5.41, 5.74) is 0.535. The van der Waals surface area contributed by atoms with Gasteiger partial charge in [0.2, 0.25) is 0 Å². The molecule has 1 rings (SSSR count). The molecule has 0 amide bonds. The number of hydrogen-bond donors (Lipinski definition) is 1. The Kier molecular flexibility index (Phi) is 10.4. The molecule has 0 aliphatic heterocycles. The van der Waals surface area contributed by atoms with E-state index in [1.807, 2.05) is 0 Å². The van der Waals surface area contributed by atoms with Crippen LogP contribution in [-0.2, 0) is 4.79 Å². The molecule has 2 atom stereocenters. The molecule has 24 heavy (non-hydrogen) atoms. The van der Waals surface area contributed by atoms with Gasteiger partial charge in [0.05, 0.1) is 0 Å². The maximum absolute atomic E-state index is 10.4. The highest BCUT2D eigenvalue weighted by Gasteiger charge is 2.26. The van der Waals surface area contributed by atoms with Gasteiger partial charge in [0.1, 0.15) is 0 Å². The highest BCUT2D eigenvalue weighted by molar-refractivity contribution is 5.79. The molecule has 1 N–H and O–H groups in total. The Balaban J connectivity index is 2.13. The van der Waals surface area contributed by atoms with Crippen LogP contribution in [0.3, 0.4) is 0 Å². The van der Waals surface area contributed by atoms with Crippen LogP contribution < -0.4 is 0 Å². The first-order valence-electron chi connectivity index (χ1n) is 10.3. The molecule has 0 heterocycles. The van der Waals surface area contributed by atoms with Crippen molar-refractivity contribution in [1.29, 1.82) is 0 Å². The SMILES string of the molecule is CCCC(C)(C)CCCC[C@H]1CCC[C@@H]1CCCCC=CC(=O)O. The second-order valence-electron chi connectivity index (χ2n) is 8.64. The van der Waals surface area contributed by atoms with Gasteiger partial charge in [-0.1, -0.05) is 84.6 Å². The van der Waals surface area contributed by atoms with Gasteiger partial charge in [-0.3, -0.25) is 0 Å². The van der Waals surface area contributed by atoms with Gasteiger partial charge in [0.15, 0.2) is 0 Å². The van der Waals surface area contributed by atoms with Crippen molar-refractivity contribution in [2.75, 3.05) is 0 Å². The van der Waals surface area contributed by atoms with E-state index in [2.05, 4.69) is 20.8 Å². The number of aliphatic carboxylic acids is 1. The molecule has 1 aliphatic carbocycles. The third-order valence-corrected chi connectivity index (χ3v) is 5.88. The van der Waals surface area contributed by atoms with Crippen molar-refractivity contribution in [1.82, 2.24) is 0 Å². The number of rotatable bonds is 13. The second-order valence-corrected chi connectivity index (χ2v) is 8.64. The first kappa shape index (κ1) is 21.3. The normalized spacial score (nSPS) is 21.6. The summed E-state index contributed by atoms with van der Waals surface area (Å²) in [5, 5.41) is 8.57. The second kappa shape index (κ2) is 11.7. The lowest BCUT2D eigenvalue weighted by atomic mass is 9.81. The maximum Gasteiger partial charge on any atom is 0.327 e. The molecular weight excluding hydrogens is 296 g/mol. The molecule has 0 unspecified atom stereocenters. The minimum atomic E-state index is -0.826. The van der Waals surface area contributed by atoms with Crippen LogP contribution in [0.5, 0.6) is 0 Å². The minimum absolute atomic E-state index is 0.535. The van der Waals surface area contributed by atoms with Crippen LogP contribution in [-0.4, -0.2) is 11.1 Å². The van der Waals surface area contributed by atoms with Crippen molar-refractivity contribution in [3.8, 4) is 0 Å². The molecule has 0 aromatic heterocycles. The Bertz CT molecular complexity index is 370. The third kappa shape index (κ3) is 9.49. The van der Waals surface area contributed by atoms with E-state index in [0.29, 0.717) is 5.41 Å². The van der Waals surface area contributed by atoms with Crippen LogP contribution >= 0.6 is 0 Å². The number of carboxylic acid groups (broad SMARTS) is 1. The van der Waals surface area contributed by atoms with Gasteiger partial charge in [0.25, 0.3) is 0 Å². The number of unbranched alkanes of at least 4 members (excludes halogenated alkanes) is 3. The van der Waals surface area contributed by atoms with Crippen LogP contribution in [0.1, 0.15) is 104 Å². The summed E-state index contributed by atoms with van der Waals surface area (Å²) in [6, 6.07) is 0. The molecule has 0 radical (unpaired) electrons. The summed E-state index contributed by atoms with van der Waals surface area (Å²) in [5.74, 6) is 1.08. The van der Waals surface area contributed by atoms with E-state index in [0.717, 1.165) is 24.7 Å². The van der Waals surface area contributed by atoms with Crippen molar-refractivity contribution in [2.45, 2.75) is 104 Å². The molecule has 1 aliphatic rings. The number of carbonyl (C=O) groups is 1. The van der Waals surface area contributed by atoms with Gasteiger partial charge in [-0.15, -0.1) is 0 Å². The Hall–Kier alpha value is -0.790. The van der Waals surface area contributed by atoms with E-state index in [1.54, 1.807) is 6.08 Å². The summed E-state index contributed by atoms with van der Waals surface area (Å²) in [6.07, 6.45) is 20.3. The summed E-state index contributed by atoms with van der Waals surface area (Å²) in [7, 11) is 0. The van der Waals surface area contributed by atoms with Crippen molar-refractivity contribution >= 4 is 5.97 Å². The van der Waals surface area contributed by atoms with Crippen LogP contribution in [0.15, 0.2) is 12.2 Å². The zero-order valence-corrected chi connectivity index (χ0v) is 16.4. The molecule has 140 valence electrons. The van der Waals surface area contributed by atoms with Gasteiger partial charge in [0, 0.05) is 6.08 Å². The van der Waals surface area contributed by atoms with Crippen molar-refractivity contribution < 1.29 is 9.90 Å². The van der Waals surface area contributed by atoms with Gasteiger partial charge in [-0.2, -0.15) is 0 Å². The van der Waals surface area contributed by atoms with Gasteiger partial charge < -0.3 is 5.11 Å². The lowest BCUT2D eigenvalue weighted by molar-refractivity contribution is -0.131. The molecule has 1 fully saturated rings. The molecular formula is C22H40O2. The van der Waals surface area contributed by atoms with Crippen molar-refractivity contribution in [2.24, 2.45) is 17.3 Å². The summed E-state index contributed by atoms with van der Waals surface area (Å²) in [6.45, 7) is 7.14. The lowest BCUT2D eigenvalue weighted by Gasteiger charge is -2.25. The first-order valence-corrected chi connectivity index (χ1v) is 10.3. The molecule has 0 aromatic rings. The fourth-order valence-corrected chi connectivity index (χ4v) is 4.54. The van der Waals surface area contributed by atoms with Gasteiger partial charge >= 0.3 is 5.97 Å².